The predicted molar refractivity (Wildman–Crippen MR) is 83.9 cm³/mol. The third-order valence-corrected chi connectivity index (χ3v) is 4.94. The van der Waals surface area contributed by atoms with Crippen LogP contribution in [0.5, 0.6) is 5.75 Å². The van der Waals surface area contributed by atoms with E-state index in [1.165, 1.54) is 12.3 Å². The third-order valence-electron chi connectivity index (χ3n) is 3.20. The molecule has 1 heterocycles. The topological polar surface area (TPSA) is 92.9 Å². The average Bonchev–Trinajstić information content (AvgIpc) is 2.44. The molecule has 138 valence electrons. The molecule has 1 atom stereocenters. The van der Waals surface area contributed by atoms with Gasteiger partial charge in [-0.25, -0.2) is 8.42 Å². The first-order valence-corrected chi connectivity index (χ1v) is 8.66. The van der Waals surface area contributed by atoms with Gasteiger partial charge in [0.05, 0.1) is 22.4 Å². The molecule has 0 spiro atoms. The number of sulfone groups is 1. The number of nitrogens with zero attached hydrogens (tertiary/aromatic N) is 1. The highest BCUT2D eigenvalue weighted by Gasteiger charge is 2.31. The quantitative estimate of drug-likeness (QED) is 0.811. The molecule has 1 aromatic carbocycles. The predicted octanol–water partition coefficient (Wildman–Crippen LogP) is 1.74. The summed E-state index contributed by atoms with van der Waals surface area (Å²) in [6.07, 6.45) is -2.91. The fraction of sp³-hybridized carbons (Fsp3) is 0.333. The molecule has 0 saturated carbocycles. The molecule has 3 N–H and O–H groups in total. The van der Waals surface area contributed by atoms with Crippen LogP contribution in [0.15, 0.2) is 52.0 Å². The van der Waals surface area contributed by atoms with E-state index in [0.717, 1.165) is 24.3 Å². The van der Waals surface area contributed by atoms with Gasteiger partial charge in [0.25, 0.3) is 0 Å². The molecule has 1 aromatic rings. The van der Waals surface area contributed by atoms with Crippen molar-refractivity contribution in [1.82, 2.24) is 4.90 Å². The number of halogens is 3. The van der Waals surface area contributed by atoms with Gasteiger partial charge in [0.15, 0.2) is 0 Å². The Bertz CT molecular complexity index is 784. The van der Waals surface area contributed by atoms with Crippen molar-refractivity contribution in [3.05, 3.63) is 47.1 Å². The maximum absolute atomic E-state index is 12.6. The van der Waals surface area contributed by atoms with Crippen LogP contribution in [0.3, 0.4) is 0 Å². The molecule has 10 heteroatoms. The second-order valence-corrected chi connectivity index (χ2v) is 7.50. The first-order chi connectivity index (χ1) is 11.5. The Labute approximate surface area is 142 Å². The van der Waals surface area contributed by atoms with E-state index in [2.05, 4.69) is 4.74 Å². The number of ether oxygens (including phenoxy) is 1. The SMILES string of the molecule is C[C@H](O)CN1C=C(S(=O)(=O)c2ccc(OC(F)(F)F)cc2)C=C(N)C1. The van der Waals surface area contributed by atoms with Gasteiger partial charge in [0.1, 0.15) is 5.75 Å². The number of rotatable bonds is 5. The summed E-state index contributed by atoms with van der Waals surface area (Å²) in [4.78, 5) is 1.24. The molecule has 0 unspecified atom stereocenters. The first kappa shape index (κ1) is 19.1. The van der Waals surface area contributed by atoms with Crippen LogP contribution in [0.2, 0.25) is 0 Å². The second-order valence-electron chi connectivity index (χ2n) is 5.55. The lowest BCUT2D eigenvalue weighted by Gasteiger charge is -2.26. The zero-order valence-electron chi connectivity index (χ0n) is 13.2. The van der Waals surface area contributed by atoms with Crippen molar-refractivity contribution in [2.24, 2.45) is 5.73 Å². The van der Waals surface area contributed by atoms with E-state index in [0.29, 0.717) is 5.70 Å². The van der Waals surface area contributed by atoms with Crippen molar-refractivity contribution < 1.29 is 31.4 Å². The van der Waals surface area contributed by atoms with Gasteiger partial charge in [-0.2, -0.15) is 0 Å². The van der Waals surface area contributed by atoms with Crippen molar-refractivity contribution in [1.29, 1.82) is 0 Å². The van der Waals surface area contributed by atoms with Crippen LogP contribution in [0, 0.1) is 0 Å². The highest BCUT2D eigenvalue weighted by molar-refractivity contribution is 7.95. The van der Waals surface area contributed by atoms with Crippen LogP contribution >= 0.6 is 0 Å². The third kappa shape index (κ3) is 5.13. The molecule has 1 aliphatic heterocycles. The van der Waals surface area contributed by atoms with Crippen LogP contribution < -0.4 is 10.5 Å². The Balaban J connectivity index is 2.29. The van der Waals surface area contributed by atoms with Gasteiger partial charge in [-0.05, 0) is 37.3 Å². The number of aliphatic hydroxyl groups excluding tert-OH is 1. The van der Waals surface area contributed by atoms with E-state index in [4.69, 9.17) is 5.73 Å². The van der Waals surface area contributed by atoms with Crippen LogP contribution in [-0.2, 0) is 9.84 Å². The van der Waals surface area contributed by atoms with Crippen LogP contribution in [0.1, 0.15) is 6.92 Å². The summed E-state index contributed by atoms with van der Waals surface area (Å²) in [5.41, 5.74) is 6.04. The number of hydrogen-bond acceptors (Lipinski definition) is 6. The van der Waals surface area contributed by atoms with Crippen molar-refractivity contribution >= 4 is 9.84 Å². The summed E-state index contributed by atoms with van der Waals surface area (Å²) in [5.74, 6) is -0.519. The van der Waals surface area contributed by atoms with Gasteiger partial charge >= 0.3 is 6.36 Å². The summed E-state index contributed by atoms with van der Waals surface area (Å²) in [6, 6.07) is 3.89. The van der Waals surface area contributed by atoms with Gasteiger partial charge in [-0.1, -0.05) is 0 Å². The summed E-state index contributed by atoms with van der Waals surface area (Å²) >= 11 is 0. The lowest BCUT2D eigenvalue weighted by Crippen LogP contribution is -2.33. The van der Waals surface area contributed by atoms with Crippen molar-refractivity contribution in [3.63, 3.8) is 0 Å². The molecule has 1 aliphatic rings. The molecular weight excluding hydrogens is 361 g/mol. The normalized spacial score (nSPS) is 16.9. The molecule has 2 rings (SSSR count). The lowest BCUT2D eigenvalue weighted by atomic mass is 10.2. The highest BCUT2D eigenvalue weighted by Crippen LogP contribution is 2.28. The number of alkyl halides is 3. The molecule has 6 nitrogen and oxygen atoms in total. The molecule has 0 saturated heterocycles. The fourth-order valence-electron chi connectivity index (χ4n) is 2.29. The summed E-state index contributed by atoms with van der Waals surface area (Å²) in [5, 5.41) is 9.43. The Morgan fingerprint density at radius 2 is 1.92 bits per heavy atom. The minimum atomic E-state index is -4.86. The molecule has 0 bridgehead atoms. The fourth-order valence-corrected chi connectivity index (χ4v) is 3.65. The summed E-state index contributed by atoms with van der Waals surface area (Å²) in [7, 11) is -3.98. The van der Waals surface area contributed by atoms with Crippen molar-refractivity contribution in [2.75, 3.05) is 13.1 Å². The molecule has 25 heavy (non-hydrogen) atoms. The number of hydrogen-bond donors (Lipinski definition) is 2. The van der Waals surface area contributed by atoms with Crippen LogP contribution in [-0.4, -0.2) is 44.0 Å². The van der Waals surface area contributed by atoms with E-state index in [-0.39, 0.29) is 22.9 Å². The lowest BCUT2D eigenvalue weighted by molar-refractivity contribution is -0.274. The number of allylic oxidation sites excluding steroid dienone is 1. The Hall–Kier alpha value is -2.20. The maximum atomic E-state index is 12.6. The van der Waals surface area contributed by atoms with Crippen LogP contribution in [0.4, 0.5) is 13.2 Å². The van der Waals surface area contributed by atoms with Gasteiger partial charge < -0.3 is 20.5 Å². The molecule has 0 aromatic heterocycles. The minimum Gasteiger partial charge on any atom is -0.406 e. The molecule has 0 radical (unpaired) electrons. The van der Waals surface area contributed by atoms with Crippen LogP contribution in [0.25, 0.3) is 0 Å². The Morgan fingerprint density at radius 1 is 1.32 bits per heavy atom. The Morgan fingerprint density at radius 3 is 2.44 bits per heavy atom. The largest absolute Gasteiger partial charge is 0.573 e. The monoisotopic (exact) mass is 378 g/mol. The average molecular weight is 378 g/mol. The van der Waals surface area contributed by atoms with Gasteiger partial charge in [0, 0.05) is 18.4 Å². The van der Waals surface area contributed by atoms with Crippen molar-refractivity contribution in [3.8, 4) is 5.75 Å². The Kier molecular flexibility index (Phi) is 5.33. The van der Waals surface area contributed by atoms with Gasteiger partial charge in [-0.3, -0.25) is 0 Å². The second kappa shape index (κ2) is 6.96. The minimum absolute atomic E-state index is 0.110. The summed E-state index contributed by atoms with van der Waals surface area (Å²) < 4.78 is 65.5. The first-order valence-electron chi connectivity index (χ1n) is 7.18. The number of β-amino-alcohol motifs (C(OH)–C–C–N with tert-alkyl or cyclic N) is 1. The number of nitrogens with two attached hydrogens (primary N) is 1. The number of benzene rings is 1. The molecule has 0 amide bonds. The van der Waals surface area contributed by atoms with E-state index < -0.39 is 28.1 Å². The van der Waals surface area contributed by atoms with Gasteiger partial charge in [-0.15, -0.1) is 13.2 Å². The van der Waals surface area contributed by atoms with Crippen molar-refractivity contribution in [2.45, 2.75) is 24.3 Å². The zero-order valence-corrected chi connectivity index (χ0v) is 14.0. The van der Waals surface area contributed by atoms with E-state index >= 15 is 0 Å². The zero-order chi connectivity index (χ0) is 18.8. The summed E-state index contributed by atoms with van der Waals surface area (Å²) in [6.45, 7) is 2.00. The maximum Gasteiger partial charge on any atom is 0.573 e. The standard InChI is InChI=1S/C15H17F3N2O4S/c1-10(21)7-20-8-11(19)6-14(9-20)25(22,23)13-4-2-12(3-5-13)24-15(16,17)18/h2-6,9-10,21H,7-8,19H2,1H3/t10-/m0/s1. The molecule has 0 fully saturated rings. The molecular formula is C15H17F3N2O4S. The molecule has 0 aliphatic carbocycles. The highest BCUT2D eigenvalue weighted by atomic mass is 32.2. The number of aliphatic hydroxyl groups is 1. The smallest absolute Gasteiger partial charge is 0.406 e. The van der Waals surface area contributed by atoms with E-state index in [9.17, 15) is 26.7 Å². The van der Waals surface area contributed by atoms with Gasteiger partial charge in [0.2, 0.25) is 9.84 Å². The van der Waals surface area contributed by atoms with E-state index in [1.54, 1.807) is 11.8 Å². The van der Waals surface area contributed by atoms with E-state index in [1.807, 2.05) is 0 Å².